The van der Waals surface area contributed by atoms with Gasteiger partial charge in [0.05, 0.1) is 0 Å². The molecule has 1 aromatic heterocycles. The van der Waals surface area contributed by atoms with Crippen molar-refractivity contribution in [3.8, 4) is 0 Å². The Morgan fingerprint density at radius 2 is 2.06 bits per heavy atom. The van der Waals surface area contributed by atoms with Crippen molar-refractivity contribution in [3.05, 3.63) is 41.2 Å². The first-order valence-corrected chi connectivity index (χ1v) is 5.68. The SMILES string of the molecule is Cn1cnnc1SC(=O)c1ccc(Cl)cc1. The van der Waals surface area contributed by atoms with Crippen LogP contribution in [0.25, 0.3) is 0 Å². The maximum atomic E-state index is 11.8. The van der Waals surface area contributed by atoms with E-state index in [-0.39, 0.29) is 5.12 Å². The minimum Gasteiger partial charge on any atom is -0.311 e. The predicted octanol–water partition coefficient (Wildman–Crippen LogP) is 2.40. The summed E-state index contributed by atoms with van der Waals surface area (Å²) in [7, 11) is 1.79. The van der Waals surface area contributed by atoms with Gasteiger partial charge in [-0.25, -0.2) is 0 Å². The van der Waals surface area contributed by atoms with Gasteiger partial charge in [0.15, 0.2) is 5.16 Å². The molecule has 0 bridgehead atoms. The van der Waals surface area contributed by atoms with Crippen molar-refractivity contribution in [2.45, 2.75) is 5.16 Å². The molecule has 0 atom stereocenters. The summed E-state index contributed by atoms with van der Waals surface area (Å²) >= 11 is 6.78. The number of carbonyl (C=O) groups excluding carboxylic acids is 1. The number of halogens is 1. The summed E-state index contributed by atoms with van der Waals surface area (Å²) in [6.07, 6.45) is 1.55. The summed E-state index contributed by atoms with van der Waals surface area (Å²) in [5, 5.41) is 8.63. The molecule has 1 aromatic carbocycles. The third-order valence-electron chi connectivity index (χ3n) is 1.93. The molecule has 0 aliphatic heterocycles. The Bertz CT molecular complexity index is 509. The van der Waals surface area contributed by atoms with Gasteiger partial charge in [0.25, 0.3) is 0 Å². The van der Waals surface area contributed by atoms with Gasteiger partial charge in [0, 0.05) is 17.6 Å². The van der Waals surface area contributed by atoms with Crippen LogP contribution in [0, 0.1) is 0 Å². The van der Waals surface area contributed by atoms with Crippen LogP contribution in [0.4, 0.5) is 0 Å². The molecular formula is C10H8ClN3OS. The van der Waals surface area contributed by atoms with Gasteiger partial charge in [-0.2, -0.15) is 0 Å². The zero-order chi connectivity index (χ0) is 11.5. The standard InChI is InChI=1S/C10H8ClN3OS/c1-14-6-12-13-10(14)16-9(15)7-2-4-8(11)5-3-7/h2-6H,1H3. The number of rotatable bonds is 2. The van der Waals surface area contributed by atoms with Gasteiger partial charge in [-0.15, -0.1) is 10.2 Å². The van der Waals surface area contributed by atoms with Crippen LogP contribution in [-0.2, 0) is 7.05 Å². The van der Waals surface area contributed by atoms with Crippen LogP contribution in [-0.4, -0.2) is 19.9 Å². The number of carbonyl (C=O) groups is 1. The van der Waals surface area contributed by atoms with Crippen molar-refractivity contribution < 1.29 is 4.79 Å². The van der Waals surface area contributed by atoms with Gasteiger partial charge in [-0.1, -0.05) is 11.6 Å². The van der Waals surface area contributed by atoms with E-state index in [0.717, 1.165) is 11.8 Å². The van der Waals surface area contributed by atoms with Crippen LogP contribution < -0.4 is 0 Å². The van der Waals surface area contributed by atoms with Gasteiger partial charge >= 0.3 is 0 Å². The second-order valence-electron chi connectivity index (χ2n) is 3.12. The highest BCUT2D eigenvalue weighted by Gasteiger charge is 2.11. The number of hydrogen-bond donors (Lipinski definition) is 0. The lowest BCUT2D eigenvalue weighted by molar-refractivity contribution is 0.108. The first-order chi connectivity index (χ1) is 7.66. The second kappa shape index (κ2) is 4.67. The monoisotopic (exact) mass is 253 g/mol. The van der Waals surface area contributed by atoms with E-state index in [9.17, 15) is 4.79 Å². The van der Waals surface area contributed by atoms with E-state index in [1.807, 2.05) is 0 Å². The molecule has 16 heavy (non-hydrogen) atoms. The number of benzene rings is 1. The van der Waals surface area contributed by atoms with Crippen LogP contribution in [0.3, 0.4) is 0 Å². The fraction of sp³-hybridized carbons (Fsp3) is 0.100. The largest absolute Gasteiger partial charge is 0.311 e. The molecule has 2 aromatic rings. The minimum atomic E-state index is -0.0761. The van der Waals surface area contributed by atoms with Crippen LogP contribution in [0.1, 0.15) is 10.4 Å². The van der Waals surface area contributed by atoms with Gasteiger partial charge in [0.1, 0.15) is 6.33 Å². The van der Waals surface area contributed by atoms with Crippen LogP contribution in [0.5, 0.6) is 0 Å². The van der Waals surface area contributed by atoms with E-state index < -0.39 is 0 Å². The number of aromatic nitrogens is 3. The van der Waals surface area contributed by atoms with Crippen molar-refractivity contribution in [2.75, 3.05) is 0 Å². The molecule has 0 spiro atoms. The maximum absolute atomic E-state index is 11.8. The molecule has 1 heterocycles. The number of nitrogens with zero attached hydrogens (tertiary/aromatic N) is 3. The van der Waals surface area contributed by atoms with Crippen molar-refractivity contribution >= 4 is 28.5 Å². The molecule has 0 fully saturated rings. The fourth-order valence-corrected chi connectivity index (χ4v) is 1.92. The first kappa shape index (κ1) is 11.2. The molecule has 6 heteroatoms. The fourth-order valence-electron chi connectivity index (χ4n) is 1.09. The number of thioether (sulfide) groups is 1. The summed E-state index contributed by atoms with van der Waals surface area (Å²) < 4.78 is 1.69. The van der Waals surface area contributed by atoms with E-state index in [1.54, 1.807) is 42.2 Å². The van der Waals surface area contributed by atoms with E-state index >= 15 is 0 Å². The van der Waals surface area contributed by atoms with Crippen molar-refractivity contribution in [3.63, 3.8) is 0 Å². The molecule has 0 unspecified atom stereocenters. The topological polar surface area (TPSA) is 47.8 Å². The van der Waals surface area contributed by atoms with Crippen molar-refractivity contribution in [1.29, 1.82) is 0 Å². The highest BCUT2D eigenvalue weighted by Crippen LogP contribution is 2.20. The normalized spacial score (nSPS) is 10.4. The lowest BCUT2D eigenvalue weighted by atomic mass is 10.2. The lowest BCUT2D eigenvalue weighted by Crippen LogP contribution is -1.96. The Labute approximate surface area is 102 Å². The molecule has 0 aliphatic carbocycles. The summed E-state index contributed by atoms with van der Waals surface area (Å²) in [6.45, 7) is 0. The second-order valence-corrected chi connectivity index (χ2v) is 4.50. The molecule has 0 amide bonds. The molecule has 4 nitrogen and oxygen atoms in total. The number of hydrogen-bond acceptors (Lipinski definition) is 4. The molecule has 0 radical (unpaired) electrons. The highest BCUT2D eigenvalue weighted by atomic mass is 35.5. The Hall–Kier alpha value is -1.33. The first-order valence-electron chi connectivity index (χ1n) is 4.48. The lowest BCUT2D eigenvalue weighted by Gasteiger charge is -1.99. The van der Waals surface area contributed by atoms with Gasteiger partial charge in [-0.05, 0) is 36.0 Å². The van der Waals surface area contributed by atoms with Crippen molar-refractivity contribution in [2.24, 2.45) is 7.05 Å². The van der Waals surface area contributed by atoms with Gasteiger partial charge in [-0.3, -0.25) is 4.79 Å². The highest BCUT2D eigenvalue weighted by molar-refractivity contribution is 8.14. The third-order valence-corrected chi connectivity index (χ3v) is 3.16. The molecule has 0 saturated heterocycles. The van der Waals surface area contributed by atoms with E-state index in [4.69, 9.17) is 11.6 Å². The third kappa shape index (κ3) is 2.43. The van der Waals surface area contributed by atoms with Gasteiger partial charge in [0.2, 0.25) is 5.12 Å². The quantitative estimate of drug-likeness (QED) is 0.771. The average Bonchev–Trinajstić information content (AvgIpc) is 2.65. The summed E-state index contributed by atoms with van der Waals surface area (Å²) in [5.41, 5.74) is 0.595. The minimum absolute atomic E-state index is 0.0761. The number of aryl methyl sites for hydroxylation is 1. The Morgan fingerprint density at radius 1 is 1.38 bits per heavy atom. The summed E-state index contributed by atoms with van der Waals surface area (Å²) in [4.78, 5) is 11.8. The molecule has 0 N–H and O–H groups in total. The smallest absolute Gasteiger partial charge is 0.227 e. The van der Waals surface area contributed by atoms with E-state index in [0.29, 0.717) is 15.7 Å². The zero-order valence-electron chi connectivity index (χ0n) is 8.42. The molecule has 0 aliphatic rings. The maximum Gasteiger partial charge on any atom is 0.227 e. The summed E-state index contributed by atoms with van der Waals surface area (Å²) in [6, 6.07) is 6.75. The van der Waals surface area contributed by atoms with Crippen LogP contribution in [0.15, 0.2) is 35.7 Å². The Morgan fingerprint density at radius 3 is 2.62 bits per heavy atom. The molecular weight excluding hydrogens is 246 g/mol. The molecule has 0 saturated carbocycles. The Kier molecular flexibility index (Phi) is 3.26. The van der Waals surface area contributed by atoms with Crippen molar-refractivity contribution in [1.82, 2.24) is 14.8 Å². The summed E-state index contributed by atoms with van der Waals surface area (Å²) in [5.74, 6) is 0. The zero-order valence-corrected chi connectivity index (χ0v) is 10.00. The average molecular weight is 254 g/mol. The molecule has 2 rings (SSSR count). The van der Waals surface area contributed by atoms with Gasteiger partial charge < -0.3 is 4.57 Å². The van der Waals surface area contributed by atoms with E-state index in [2.05, 4.69) is 10.2 Å². The van der Waals surface area contributed by atoms with Crippen LogP contribution in [0.2, 0.25) is 5.02 Å². The predicted molar refractivity (Wildman–Crippen MR) is 62.6 cm³/mol. The molecule has 82 valence electrons. The van der Waals surface area contributed by atoms with E-state index in [1.165, 1.54) is 0 Å². The van der Waals surface area contributed by atoms with Crippen LogP contribution >= 0.6 is 23.4 Å². The Balaban J connectivity index is 2.15.